The second-order valence-electron chi connectivity index (χ2n) is 7.29. The standard InChI is InChI=1S/C19H21F3N6/c20-19(21,22)13-3-4-15(26-14-10-28-8-5-11(14)6-9-28)27-17(13)16(23)12-2-1-7-25-18(12)24/h1-4,7,11,14,23H,5-6,8-10H2,(H2,24,25)(H,26,27). The van der Waals surface area contributed by atoms with Gasteiger partial charge in [0.1, 0.15) is 17.3 Å². The van der Waals surface area contributed by atoms with E-state index >= 15 is 0 Å². The van der Waals surface area contributed by atoms with Crippen LogP contribution in [0.1, 0.15) is 29.7 Å². The van der Waals surface area contributed by atoms with Gasteiger partial charge < -0.3 is 16.0 Å². The van der Waals surface area contributed by atoms with Crippen LogP contribution in [-0.4, -0.2) is 46.3 Å². The lowest BCUT2D eigenvalue weighted by atomic mass is 9.84. The van der Waals surface area contributed by atoms with E-state index in [1.807, 2.05) is 0 Å². The zero-order valence-electron chi connectivity index (χ0n) is 15.1. The Labute approximate surface area is 160 Å². The van der Waals surface area contributed by atoms with Crippen LogP contribution in [0.15, 0.2) is 30.5 Å². The molecule has 3 fully saturated rings. The number of fused-ring (bicyclic) bond motifs is 3. The summed E-state index contributed by atoms with van der Waals surface area (Å²) >= 11 is 0. The molecule has 5 heterocycles. The number of hydrogen-bond donors (Lipinski definition) is 3. The van der Waals surface area contributed by atoms with Gasteiger partial charge in [-0.1, -0.05) is 0 Å². The molecule has 28 heavy (non-hydrogen) atoms. The van der Waals surface area contributed by atoms with Crippen LogP contribution in [0.5, 0.6) is 0 Å². The smallest absolute Gasteiger partial charge is 0.383 e. The van der Waals surface area contributed by atoms with Gasteiger partial charge in [-0.05, 0) is 56.1 Å². The van der Waals surface area contributed by atoms with Crippen molar-refractivity contribution in [2.24, 2.45) is 5.92 Å². The van der Waals surface area contributed by atoms with Crippen molar-refractivity contribution in [1.29, 1.82) is 5.41 Å². The highest BCUT2D eigenvalue weighted by Crippen LogP contribution is 2.34. The molecule has 0 aliphatic carbocycles. The quantitative estimate of drug-likeness (QED) is 0.698. The van der Waals surface area contributed by atoms with Gasteiger partial charge in [0.05, 0.1) is 11.3 Å². The minimum absolute atomic E-state index is 0.00169. The van der Waals surface area contributed by atoms with Gasteiger partial charge in [0, 0.05) is 24.3 Å². The summed E-state index contributed by atoms with van der Waals surface area (Å²) in [5.74, 6) is 0.832. The van der Waals surface area contributed by atoms with Gasteiger partial charge in [0.15, 0.2) is 0 Å². The number of piperidine rings is 3. The molecule has 1 unspecified atom stereocenters. The number of hydrogen-bond acceptors (Lipinski definition) is 6. The zero-order chi connectivity index (χ0) is 19.9. The molecule has 0 aromatic carbocycles. The summed E-state index contributed by atoms with van der Waals surface area (Å²) in [4.78, 5) is 10.4. The zero-order valence-corrected chi connectivity index (χ0v) is 15.1. The Morgan fingerprint density at radius 2 is 1.96 bits per heavy atom. The number of anilines is 2. The van der Waals surface area contributed by atoms with Gasteiger partial charge in [-0.3, -0.25) is 5.41 Å². The highest BCUT2D eigenvalue weighted by molar-refractivity contribution is 6.13. The molecule has 4 N–H and O–H groups in total. The maximum atomic E-state index is 13.5. The summed E-state index contributed by atoms with van der Waals surface area (Å²) in [6.07, 6.45) is -1.05. The van der Waals surface area contributed by atoms with Crippen LogP contribution in [0.25, 0.3) is 0 Å². The van der Waals surface area contributed by atoms with Crippen molar-refractivity contribution in [1.82, 2.24) is 14.9 Å². The first-order valence-corrected chi connectivity index (χ1v) is 9.20. The number of nitrogens with zero attached hydrogens (tertiary/aromatic N) is 3. The van der Waals surface area contributed by atoms with Crippen LogP contribution in [-0.2, 0) is 6.18 Å². The number of nitrogens with one attached hydrogen (secondary N) is 2. The van der Waals surface area contributed by atoms with Crippen LogP contribution in [0.4, 0.5) is 24.8 Å². The monoisotopic (exact) mass is 390 g/mol. The number of aromatic nitrogens is 2. The van der Waals surface area contributed by atoms with Crippen LogP contribution >= 0.6 is 0 Å². The molecule has 3 saturated heterocycles. The van der Waals surface area contributed by atoms with E-state index in [9.17, 15) is 13.2 Å². The third kappa shape index (κ3) is 3.54. The predicted molar refractivity (Wildman–Crippen MR) is 100 cm³/mol. The van der Waals surface area contributed by atoms with Gasteiger partial charge in [0.2, 0.25) is 0 Å². The third-order valence-electron chi connectivity index (χ3n) is 5.53. The fourth-order valence-corrected chi connectivity index (χ4v) is 4.03. The largest absolute Gasteiger partial charge is 0.418 e. The van der Waals surface area contributed by atoms with E-state index in [1.165, 1.54) is 24.4 Å². The average Bonchev–Trinajstić information content (AvgIpc) is 2.68. The van der Waals surface area contributed by atoms with Crippen molar-refractivity contribution < 1.29 is 13.2 Å². The molecule has 148 valence electrons. The average molecular weight is 390 g/mol. The van der Waals surface area contributed by atoms with E-state index in [0.717, 1.165) is 38.5 Å². The highest BCUT2D eigenvalue weighted by atomic mass is 19.4. The topological polar surface area (TPSA) is 90.9 Å². The molecule has 9 heteroatoms. The van der Waals surface area contributed by atoms with E-state index in [-0.39, 0.29) is 17.4 Å². The van der Waals surface area contributed by atoms with Crippen molar-refractivity contribution in [3.8, 4) is 0 Å². The number of pyridine rings is 2. The summed E-state index contributed by atoms with van der Waals surface area (Å²) in [6, 6.07) is 5.47. The molecular weight excluding hydrogens is 369 g/mol. The van der Waals surface area contributed by atoms with Crippen molar-refractivity contribution in [3.63, 3.8) is 0 Å². The lowest BCUT2D eigenvalue weighted by molar-refractivity contribution is -0.137. The Morgan fingerprint density at radius 3 is 2.57 bits per heavy atom. The van der Waals surface area contributed by atoms with E-state index < -0.39 is 23.1 Å². The summed E-state index contributed by atoms with van der Waals surface area (Å²) in [5, 5.41) is 11.6. The fraction of sp³-hybridized carbons (Fsp3) is 0.421. The molecule has 1 atom stereocenters. The molecule has 6 nitrogen and oxygen atoms in total. The molecule has 3 aliphatic heterocycles. The summed E-state index contributed by atoms with van der Waals surface area (Å²) in [7, 11) is 0. The van der Waals surface area contributed by atoms with Crippen molar-refractivity contribution in [2.45, 2.75) is 25.1 Å². The second-order valence-corrected chi connectivity index (χ2v) is 7.29. The summed E-state index contributed by atoms with van der Waals surface area (Å²) < 4.78 is 40.6. The molecule has 0 amide bonds. The molecule has 0 radical (unpaired) electrons. The van der Waals surface area contributed by atoms with E-state index in [0.29, 0.717) is 11.7 Å². The van der Waals surface area contributed by atoms with Crippen LogP contribution in [0, 0.1) is 11.3 Å². The van der Waals surface area contributed by atoms with E-state index in [1.54, 1.807) is 0 Å². The van der Waals surface area contributed by atoms with Crippen LogP contribution < -0.4 is 11.1 Å². The maximum Gasteiger partial charge on any atom is 0.418 e. The highest BCUT2D eigenvalue weighted by Gasteiger charge is 2.37. The van der Waals surface area contributed by atoms with Crippen molar-refractivity contribution in [2.75, 3.05) is 30.7 Å². The Hall–Kier alpha value is -2.68. The van der Waals surface area contributed by atoms with E-state index in [2.05, 4.69) is 20.2 Å². The molecule has 3 aliphatic rings. The Kier molecular flexibility index (Phi) is 4.70. The lowest BCUT2D eigenvalue weighted by Gasteiger charge is -2.45. The van der Waals surface area contributed by atoms with Crippen LogP contribution in [0.2, 0.25) is 0 Å². The predicted octanol–water partition coefficient (Wildman–Crippen LogP) is 3.00. The maximum absolute atomic E-state index is 13.5. The summed E-state index contributed by atoms with van der Waals surface area (Å²) in [5.41, 5.74) is 4.09. The number of nitrogens with two attached hydrogens (primary N) is 1. The first-order chi connectivity index (χ1) is 13.3. The minimum Gasteiger partial charge on any atom is -0.383 e. The van der Waals surface area contributed by atoms with Crippen molar-refractivity contribution >= 4 is 17.3 Å². The molecule has 2 bridgehead atoms. The molecular formula is C19H21F3N6. The number of nitrogen functional groups attached to an aromatic ring is 1. The molecule has 2 aromatic heterocycles. The Bertz CT molecular complexity index is 889. The molecule has 0 saturated carbocycles. The summed E-state index contributed by atoms with van der Waals surface area (Å²) in [6.45, 7) is 2.99. The Morgan fingerprint density at radius 1 is 1.21 bits per heavy atom. The normalized spacial score (nSPS) is 24.2. The van der Waals surface area contributed by atoms with Crippen LogP contribution in [0.3, 0.4) is 0 Å². The third-order valence-corrected chi connectivity index (χ3v) is 5.53. The minimum atomic E-state index is -4.63. The number of halogens is 3. The van der Waals surface area contributed by atoms with Gasteiger partial charge in [-0.25, -0.2) is 9.97 Å². The van der Waals surface area contributed by atoms with Gasteiger partial charge in [0.25, 0.3) is 0 Å². The SMILES string of the molecule is N=C(c1cccnc1N)c1nc(NC2CN3CCC2CC3)ccc1C(F)(F)F. The first kappa shape index (κ1) is 18.7. The lowest BCUT2D eigenvalue weighted by Crippen LogP contribution is -2.53. The van der Waals surface area contributed by atoms with Gasteiger partial charge >= 0.3 is 6.18 Å². The van der Waals surface area contributed by atoms with Gasteiger partial charge in [-0.2, -0.15) is 13.2 Å². The first-order valence-electron chi connectivity index (χ1n) is 9.20. The number of rotatable bonds is 4. The van der Waals surface area contributed by atoms with Gasteiger partial charge in [-0.15, -0.1) is 0 Å². The molecule has 5 rings (SSSR count). The fourth-order valence-electron chi connectivity index (χ4n) is 4.03. The molecule has 0 spiro atoms. The number of alkyl halides is 3. The van der Waals surface area contributed by atoms with Crippen molar-refractivity contribution in [3.05, 3.63) is 47.3 Å². The second kappa shape index (κ2) is 7.05. The molecule has 2 aromatic rings. The Balaban J connectivity index is 1.68. The van der Waals surface area contributed by atoms with E-state index in [4.69, 9.17) is 11.1 Å².